The van der Waals surface area contributed by atoms with Gasteiger partial charge in [-0.25, -0.2) is 0 Å². The van der Waals surface area contributed by atoms with E-state index in [2.05, 4.69) is 24.9 Å². The standard InChI is InChI=1S/C18H25NO3/c1-4-19(2)15-9-11-5-8-16(22-3)18(21)17(11)14-10-12(20)6-7-13(14)15/h5,8,13-15,21H,4,6-7,9-10H2,1-3H3/t13-,14?,15-/m0/s1. The maximum atomic E-state index is 12.0. The van der Waals surface area contributed by atoms with Gasteiger partial charge in [-0.1, -0.05) is 13.0 Å². The third-order valence-corrected chi connectivity index (χ3v) is 5.57. The molecule has 2 aliphatic rings. The number of hydrogen-bond acceptors (Lipinski definition) is 4. The molecule has 3 rings (SSSR count). The van der Waals surface area contributed by atoms with E-state index < -0.39 is 0 Å². The number of aromatic hydroxyl groups is 1. The molecule has 4 nitrogen and oxygen atoms in total. The molecule has 1 aromatic rings. The number of rotatable bonds is 3. The van der Waals surface area contributed by atoms with Crippen LogP contribution in [0.3, 0.4) is 0 Å². The number of phenolic OH excluding ortho intramolecular Hbond substituents is 1. The van der Waals surface area contributed by atoms with Gasteiger partial charge in [0.1, 0.15) is 5.78 Å². The van der Waals surface area contributed by atoms with E-state index in [1.165, 1.54) is 5.56 Å². The van der Waals surface area contributed by atoms with Crippen LogP contribution in [0.2, 0.25) is 0 Å². The van der Waals surface area contributed by atoms with E-state index in [0.717, 1.165) is 24.9 Å². The molecule has 1 unspecified atom stereocenters. The fourth-order valence-corrected chi connectivity index (χ4v) is 4.28. The zero-order chi connectivity index (χ0) is 15.9. The van der Waals surface area contributed by atoms with Gasteiger partial charge < -0.3 is 14.7 Å². The monoisotopic (exact) mass is 303 g/mol. The fourth-order valence-electron chi connectivity index (χ4n) is 4.28. The quantitative estimate of drug-likeness (QED) is 0.933. The summed E-state index contributed by atoms with van der Waals surface area (Å²) in [5.74, 6) is 1.63. The first-order valence-electron chi connectivity index (χ1n) is 8.17. The molecule has 22 heavy (non-hydrogen) atoms. The minimum Gasteiger partial charge on any atom is -0.504 e. The molecular weight excluding hydrogens is 278 g/mol. The van der Waals surface area contributed by atoms with E-state index >= 15 is 0 Å². The smallest absolute Gasteiger partial charge is 0.161 e. The van der Waals surface area contributed by atoms with Gasteiger partial charge in [0.2, 0.25) is 0 Å². The van der Waals surface area contributed by atoms with Gasteiger partial charge in [-0.05, 0) is 49.9 Å². The van der Waals surface area contributed by atoms with Crippen molar-refractivity contribution in [2.24, 2.45) is 5.92 Å². The Kier molecular flexibility index (Phi) is 4.13. The molecule has 1 aromatic carbocycles. The molecule has 2 aliphatic carbocycles. The van der Waals surface area contributed by atoms with Crippen molar-refractivity contribution in [3.05, 3.63) is 23.3 Å². The summed E-state index contributed by atoms with van der Waals surface area (Å²) in [6.45, 7) is 3.17. The molecule has 0 bridgehead atoms. The van der Waals surface area contributed by atoms with Crippen LogP contribution in [0, 0.1) is 5.92 Å². The predicted octanol–water partition coefficient (Wildman–Crippen LogP) is 2.73. The Morgan fingerprint density at radius 2 is 2.14 bits per heavy atom. The second kappa shape index (κ2) is 5.92. The molecule has 1 fully saturated rings. The molecule has 0 amide bonds. The van der Waals surface area contributed by atoms with Crippen LogP contribution in [0.5, 0.6) is 11.5 Å². The number of Topliss-reactive ketones (excluding diaryl/α,β-unsaturated/α-hetero) is 1. The van der Waals surface area contributed by atoms with Gasteiger partial charge in [-0.2, -0.15) is 0 Å². The molecule has 4 heteroatoms. The SMILES string of the molecule is CCN(C)[C@H]1Cc2ccc(OC)c(O)c2C2CC(=O)CC[C@@H]21. The number of nitrogens with zero attached hydrogens (tertiary/aromatic N) is 1. The summed E-state index contributed by atoms with van der Waals surface area (Å²) in [5, 5.41) is 10.6. The number of phenols is 1. The number of carbonyl (C=O) groups is 1. The van der Waals surface area contributed by atoms with Crippen molar-refractivity contribution in [2.45, 2.75) is 44.6 Å². The van der Waals surface area contributed by atoms with Gasteiger partial charge >= 0.3 is 0 Å². The molecule has 0 heterocycles. The second-order valence-corrected chi connectivity index (χ2v) is 6.59. The Balaban J connectivity index is 2.08. The lowest BCUT2D eigenvalue weighted by atomic mass is 9.65. The van der Waals surface area contributed by atoms with Gasteiger partial charge in [-0.15, -0.1) is 0 Å². The lowest BCUT2D eigenvalue weighted by Crippen LogP contribution is -2.47. The van der Waals surface area contributed by atoms with Crippen molar-refractivity contribution >= 4 is 5.78 Å². The zero-order valence-corrected chi connectivity index (χ0v) is 13.6. The number of fused-ring (bicyclic) bond motifs is 3. The Labute approximate surface area is 132 Å². The molecule has 1 N–H and O–H groups in total. The Morgan fingerprint density at radius 3 is 2.82 bits per heavy atom. The molecule has 0 radical (unpaired) electrons. The molecule has 0 spiro atoms. The van der Waals surface area contributed by atoms with Crippen LogP contribution in [-0.4, -0.2) is 42.5 Å². The van der Waals surface area contributed by atoms with E-state index in [4.69, 9.17) is 4.74 Å². The molecule has 3 atom stereocenters. The van der Waals surface area contributed by atoms with Crippen LogP contribution in [0.25, 0.3) is 0 Å². The van der Waals surface area contributed by atoms with Crippen LogP contribution in [-0.2, 0) is 11.2 Å². The average molecular weight is 303 g/mol. The molecule has 120 valence electrons. The molecule has 1 saturated carbocycles. The first-order valence-corrected chi connectivity index (χ1v) is 8.17. The van der Waals surface area contributed by atoms with Crippen LogP contribution < -0.4 is 4.74 Å². The number of ketones is 1. The third-order valence-electron chi connectivity index (χ3n) is 5.57. The molecule has 0 aromatic heterocycles. The van der Waals surface area contributed by atoms with Crippen LogP contribution >= 0.6 is 0 Å². The first kappa shape index (κ1) is 15.3. The number of hydrogen-bond donors (Lipinski definition) is 1. The minimum absolute atomic E-state index is 0.124. The number of ether oxygens (including phenoxy) is 1. The normalized spacial score (nSPS) is 27.5. The average Bonchev–Trinajstić information content (AvgIpc) is 2.53. The molecule has 0 saturated heterocycles. The van der Waals surface area contributed by atoms with Crippen molar-refractivity contribution in [1.29, 1.82) is 0 Å². The molecular formula is C18H25NO3. The zero-order valence-electron chi connectivity index (χ0n) is 13.6. The summed E-state index contributed by atoms with van der Waals surface area (Å²) in [4.78, 5) is 14.4. The minimum atomic E-state index is 0.124. The fraction of sp³-hybridized carbons (Fsp3) is 0.611. The molecule has 0 aliphatic heterocycles. The highest BCUT2D eigenvalue weighted by molar-refractivity contribution is 5.81. The second-order valence-electron chi connectivity index (χ2n) is 6.59. The van der Waals surface area contributed by atoms with Crippen molar-refractivity contribution in [1.82, 2.24) is 4.90 Å². The summed E-state index contributed by atoms with van der Waals surface area (Å²) >= 11 is 0. The van der Waals surface area contributed by atoms with Crippen molar-refractivity contribution in [2.75, 3.05) is 20.7 Å². The third kappa shape index (κ3) is 2.39. The van der Waals surface area contributed by atoms with Crippen molar-refractivity contribution in [3.63, 3.8) is 0 Å². The highest BCUT2D eigenvalue weighted by atomic mass is 16.5. The van der Waals surface area contributed by atoms with Gasteiger partial charge in [0.05, 0.1) is 7.11 Å². The van der Waals surface area contributed by atoms with Gasteiger partial charge in [0.25, 0.3) is 0 Å². The highest BCUT2D eigenvalue weighted by Gasteiger charge is 2.43. The Hall–Kier alpha value is -1.55. The summed E-state index contributed by atoms with van der Waals surface area (Å²) in [6, 6.07) is 4.34. The topological polar surface area (TPSA) is 49.8 Å². The number of methoxy groups -OCH3 is 1. The number of carbonyl (C=O) groups excluding carboxylic acids is 1. The summed E-state index contributed by atoms with van der Waals surface area (Å²) in [5.41, 5.74) is 2.12. The van der Waals surface area contributed by atoms with E-state index in [1.54, 1.807) is 7.11 Å². The Bertz CT molecular complexity index is 584. The maximum absolute atomic E-state index is 12.0. The van der Waals surface area contributed by atoms with E-state index in [9.17, 15) is 9.90 Å². The van der Waals surface area contributed by atoms with E-state index in [-0.39, 0.29) is 11.7 Å². The lowest BCUT2D eigenvalue weighted by Gasteiger charge is -2.45. The van der Waals surface area contributed by atoms with Gasteiger partial charge in [0, 0.05) is 24.4 Å². The van der Waals surface area contributed by atoms with E-state index in [1.807, 2.05) is 6.07 Å². The number of likely N-dealkylation sites (N-methyl/N-ethyl adjacent to an activating group) is 1. The van der Waals surface area contributed by atoms with Crippen molar-refractivity contribution < 1.29 is 14.6 Å². The highest BCUT2D eigenvalue weighted by Crippen LogP contribution is 2.50. The van der Waals surface area contributed by atoms with Crippen LogP contribution in [0.4, 0.5) is 0 Å². The van der Waals surface area contributed by atoms with Crippen LogP contribution in [0.15, 0.2) is 12.1 Å². The van der Waals surface area contributed by atoms with E-state index in [0.29, 0.717) is 36.3 Å². The van der Waals surface area contributed by atoms with Gasteiger partial charge in [0.15, 0.2) is 11.5 Å². The van der Waals surface area contributed by atoms with Crippen molar-refractivity contribution in [3.8, 4) is 11.5 Å². The van der Waals surface area contributed by atoms with Gasteiger partial charge in [-0.3, -0.25) is 4.79 Å². The largest absolute Gasteiger partial charge is 0.504 e. The Morgan fingerprint density at radius 1 is 1.36 bits per heavy atom. The summed E-state index contributed by atoms with van der Waals surface area (Å²) in [6.07, 6.45) is 3.09. The number of benzene rings is 1. The maximum Gasteiger partial charge on any atom is 0.161 e. The summed E-state index contributed by atoms with van der Waals surface area (Å²) in [7, 11) is 3.73. The first-order chi connectivity index (χ1) is 10.6. The predicted molar refractivity (Wildman–Crippen MR) is 85.5 cm³/mol. The summed E-state index contributed by atoms with van der Waals surface area (Å²) < 4.78 is 5.27. The lowest BCUT2D eigenvalue weighted by molar-refractivity contribution is -0.122. The van der Waals surface area contributed by atoms with Crippen LogP contribution in [0.1, 0.15) is 43.2 Å².